The maximum absolute atomic E-state index is 12.2. The van der Waals surface area contributed by atoms with Gasteiger partial charge in [0.15, 0.2) is 5.17 Å². The Balaban J connectivity index is 1.56. The van der Waals surface area contributed by atoms with Crippen molar-refractivity contribution < 1.29 is 18.7 Å². The third-order valence-corrected chi connectivity index (χ3v) is 4.70. The number of benzene rings is 1. The van der Waals surface area contributed by atoms with Crippen LogP contribution in [0.1, 0.15) is 17.9 Å². The smallest absolute Gasteiger partial charge is 0.240 e. The zero-order valence-corrected chi connectivity index (χ0v) is 15.6. The summed E-state index contributed by atoms with van der Waals surface area (Å²) in [6, 6.07) is 10.7. The number of thioether (sulfide) groups is 1. The van der Waals surface area contributed by atoms with Gasteiger partial charge in [0.1, 0.15) is 22.5 Å². The summed E-state index contributed by atoms with van der Waals surface area (Å²) in [5.41, 5.74) is 0.556. The first-order valence-electron chi connectivity index (χ1n) is 8.13. The van der Waals surface area contributed by atoms with E-state index in [1.54, 1.807) is 24.3 Å². The molecule has 2 heterocycles. The van der Waals surface area contributed by atoms with Crippen molar-refractivity contribution in [2.75, 3.05) is 12.4 Å². The Morgan fingerprint density at radius 2 is 2.19 bits per heavy atom. The van der Waals surface area contributed by atoms with Gasteiger partial charge in [0, 0.05) is 6.42 Å². The number of nitrogens with one attached hydrogen (secondary N) is 2. The standard InChI is InChI=1S/C18H18N4O4S/c1-11-7-8-12(26-11)10-19-22-18-21-17(24)15(27-18)9-16(23)20-13-5-3-4-6-14(13)25-2/h3-8,10,15H,9H2,1-2H3,(H,20,23)(H,21,22,24)/b19-10-/t15-/m0/s1. The van der Waals surface area contributed by atoms with Crippen LogP contribution in [0.15, 0.2) is 51.0 Å². The zero-order chi connectivity index (χ0) is 19.2. The molecular weight excluding hydrogens is 368 g/mol. The summed E-state index contributed by atoms with van der Waals surface area (Å²) >= 11 is 1.16. The number of nitrogens with zero attached hydrogens (tertiary/aromatic N) is 2. The first-order chi connectivity index (χ1) is 13.0. The van der Waals surface area contributed by atoms with E-state index in [9.17, 15) is 9.59 Å². The SMILES string of the molecule is COc1ccccc1NC(=O)C[C@@H]1S/C(=N/N=C\c2ccc(C)o2)NC1=O. The lowest BCUT2D eigenvalue weighted by Gasteiger charge is -2.10. The van der Waals surface area contributed by atoms with Crippen LogP contribution in [0.25, 0.3) is 0 Å². The maximum atomic E-state index is 12.2. The van der Waals surface area contributed by atoms with Gasteiger partial charge >= 0.3 is 0 Å². The summed E-state index contributed by atoms with van der Waals surface area (Å²) in [4.78, 5) is 24.3. The molecule has 2 amide bonds. The van der Waals surface area contributed by atoms with Crippen LogP contribution < -0.4 is 15.4 Å². The number of hydrogen-bond donors (Lipinski definition) is 2. The average molecular weight is 386 g/mol. The van der Waals surface area contributed by atoms with Gasteiger partial charge in [0.25, 0.3) is 0 Å². The first kappa shape index (κ1) is 18.7. The molecule has 0 saturated carbocycles. The molecule has 0 radical (unpaired) electrons. The van der Waals surface area contributed by atoms with E-state index in [2.05, 4.69) is 20.8 Å². The summed E-state index contributed by atoms with van der Waals surface area (Å²) in [6.45, 7) is 1.83. The predicted octanol–water partition coefficient (Wildman–Crippen LogP) is 2.55. The highest BCUT2D eigenvalue weighted by Crippen LogP contribution is 2.26. The van der Waals surface area contributed by atoms with Gasteiger partial charge in [-0.25, -0.2) is 0 Å². The van der Waals surface area contributed by atoms with Crippen LogP contribution in [0.5, 0.6) is 5.75 Å². The summed E-state index contributed by atoms with van der Waals surface area (Å²) in [5, 5.41) is 13.0. The molecule has 1 aliphatic heterocycles. The number of methoxy groups -OCH3 is 1. The van der Waals surface area contributed by atoms with Gasteiger partial charge in [-0.05, 0) is 31.2 Å². The van der Waals surface area contributed by atoms with E-state index in [4.69, 9.17) is 9.15 Å². The van der Waals surface area contributed by atoms with Gasteiger partial charge in [-0.3, -0.25) is 9.59 Å². The van der Waals surface area contributed by atoms with E-state index in [1.807, 2.05) is 19.1 Å². The number of furan rings is 1. The molecule has 1 saturated heterocycles. The fourth-order valence-corrected chi connectivity index (χ4v) is 3.29. The lowest BCUT2D eigenvalue weighted by molar-refractivity contribution is -0.122. The average Bonchev–Trinajstić information content (AvgIpc) is 3.21. The van der Waals surface area contributed by atoms with E-state index in [-0.39, 0.29) is 18.2 Å². The monoisotopic (exact) mass is 386 g/mol. The number of aryl methyl sites for hydroxylation is 1. The highest BCUT2D eigenvalue weighted by Gasteiger charge is 2.32. The zero-order valence-electron chi connectivity index (χ0n) is 14.8. The Labute approximate surface area is 160 Å². The third-order valence-electron chi connectivity index (χ3n) is 3.62. The second kappa shape index (κ2) is 8.54. The van der Waals surface area contributed by atoms with E-state index >= 15 is 0 Å². The molecule has 1 fully saturated rings. The highest BCUT2D eigenvalue weighted by molar-refractivity contribution is 8.15. The summed E-state index contributed by atoms with van der Waals surface area (Å²) < 4.78 is 10.5. The molecule has 8 nitrogen and oxygen atoms in total. The molecular formula is C18H18N4O4S. The number of amidine groups is 1. The van der Waals surface area contributed by atoms with Crippen LogP contribution in [0.3, 0.4) is 0 Å². The van der Waals surface area contributed by atoms with Crippen LogP contribution in [0, 0.1) is 6.92 Å². The molecule has 27 heavy (non-hydrogen) atoms. The quantitative estimate of drug-likeness (QED) is 0.586. The van der Waals surface area contributed by atoms with Gasteiger partial charge in [-0.15, -0.1) is 5.10 Å². The number of hydrogen-bond acceptors (Lipinski definition) is 7. The molecule has 0 spiro atoms. The van der Waals surface area contributed by atoms with Crippen molar-refractivity contribution in [2.45, 2.75) is 18.6 Å². The van der Waals surface area contributed by atoms with E-state index in [0.717, 1.165) is 17.5 Å². The van der Waals surface area contributed by atoms with Crippen molar-refractivity contribution >= 4 is 40.6 Å². The second-order valence-electron chi connectivity index (χ2n) is 5.65. The molecule has 1 aliphatic rings. The van der Waals surface area contributed by atoms with Crippen LogP contribution in [-0.2, 0) is 9.59 Å². The lowest BCUT2D eigenvalue weighted by Crippen LogP contribution is -2.28. The summed E-state index contributed by atoms with van der Waals surface area (Å²) in [7, 11) is 1.53. The molecule has 1 atom stereocenters. The second-order valence-corrected chi connectivity index (χ2v) is 6.84. The normalized spacial score (nSPS) is 18.1. The number of carbonyl (C=O) groups is 2. The Morgan fingerprint density at radius 3 is 2.93 bits per heavy atom. The predicted molar refractivity (Wildman–Crippen MR) is 104 cm³/mol. The van der Waals surface area contributed by atoms with Crippen molar-refractivity contribution in [3.8, 4) is 5.75 Å². The fourth-order valence-electron chi connectivity index (χ4n) is 2.37. The molecule has 0 unspecified atom stereocenters. The number of ether oxygens (including phenoxy) is 1. The van der Waals surface area contributed by atoms with Crippen LogP contribution in [-0.4, -0.2) is 35.6 Å². The van der Waals surface area contributed by atoms with Gasteiger partial charge in [-0.1, -0.05) is 23.9 Å². The molecule has 0 aliphatic carbocycles. The Morgan fingerprint density at radius 1 is 1.37 bits per heavy atom. The number of rotatable bonds is 6. The summed E-state index contributed by atoms with van der Waals surface area (Å²) in [6.07, 6.45) is 1.46. The van der Waals surface area contributed by atoms with Crippen LogP contribution in [0.4, 0.5) is 5.69 Å². The van der Waals surface area contributed by atoms with Gasteiger partial charge in [0.05, 0.1) is 19.0 Å². The molecule has 0 bridgehead atoms. The highest BCUT2D eigenvalue weighted by atomic mass is 32.2. The van der Waals surface area contributed by atoms with E-state index in [1.165, 1.54) is 13.3 Å². The molecule has 2 N–H and O–H groups in total. The van der Waals surface area contributed by atoms with Crippen LogP contribution in [0.2, 0.25) is 0 Å². The number of carbonyl (C=O) groups excluding carboxylic acids is 2. The molecule has 9 heteroatoms. The minimum absolute atomic E-state index is 0.00859. The number of para-hydroxylation sites is 2. The minimum atomic E-state index is -0.570. The van der Waals surface area contributed by atoms with Crippen LogP contribution >= 0.6 is 11.8 Å². The molecule has 140 valence electrons. The molecule has 1 aromatic heterocycles. The lowest BCUT2D eigenvalue weighted by atomic mass is 10.2. The molecule has 1 aromatic carbocycles. The number of anilines is 1. The van der Waals surface area contributed by atoms with Crippen molar-refractivity contribution in [3.05, 3.63) is 47.9 Å². The van der Waals surface area contributed by atoms with E-state index in [0.29, 0.717) is 22.4 Å². The Hall–Kier alpha value is -3.07. The molecule has 3 rings (SSSR count). The first-order valence-corrected chi connectivity index (χ1v) is 9.01. The van der Waals surface area contributed by atoms with Crippen molar-refractivity contribution in [3.63, 3.8) is 0 Å². The third kappa shape index (κ3) is 4.98. The van der Waals surface area contributed by atoms with Gasteiger partial charge < -0.3 is 19.8 Å². The van der Waals surface area contributed by atoms with Crippen molar-refractivity contribution in [1.29, 1.82) is 0 Å². The topological polar surface area (TPSA) is 105 Å². The largest absolute Gasteiger partial charge is 0.495 e. The van der Waals surface area contributed by atoms with Gasteiger partial charge in [-0.2, -0.15) is 5.10 Å². The minimum Gasteiger partial charge on any atom is -0.495 e. The fraction of sp³-hybridized carbons (Fsp3) is 0.222. The maximum Gasteiger partial charge on any atom is 0.240 e. The molecule has 2 aromatic rings. The number of amides is 2. The van der Waals surface area contributed by atoms with Crippen molar-refractivity contribution in [2.24, 2.45) is 10.2 Å². The Kier molecular flexibility index (Phi) is 5.92. The van der Waals surface area contributed by atoms with Gasteiger partial charge in [0.2, 0.25) is 11.8 Å². The Bertz CT molecular complexity index is 906. The summed E-state index contributed by atoms with van der Waals surface area (Å²) in [5.74, 6) is 1.33. The van der Waals surface area contributed by atoms with E-state index < -0.39 is 5.25 Å². The van der Waals surface area contributed by atoms with Crippen molar-refractivity contribution in [1.82, 2.24) is 5.32 Å².